The van der Waals surface area contributed by atoms with Crippen molar-refractivity contribution in [3.63, 3.8) is 0 Å². The monoisotopic (exact) mass is 590 g/mol. The molecule has 10 nitrogen and oxygen atoms in total. The molecule has 3 N–H and O–H groups in total. The molecule has 40 heavy (non-hydrogen) atoms. The third-order valence-electron chi connectivity index (χ3n) is 6.89. The van der Waals surface area contributed by atoms with E-state index in [9.17, 15) is 30.8 Å². The van der Waals surface area contributed by atoms with Crippen LogP contribution in [0.3, 0.4) is 0 Å². The van der Waals surface area contributed by atoms with Gasteiger partial charge in [0.05, 0.1) is 42.4 Å². The van der Waals surface area contributed by atoms with E-state index in [0.717, 1.165) is 12.8 Å². The van der Waals surface area contributed by atoms with Gasteiger partial charge in [0.2, 0.25) is 16.9 Å². The number of pyridine rings is 1. The molecule has 2 fully saturated rings. The highest BCUT2D eigenvalue weighted by atomic mass is 32.2. The maximum absolute atomic E-state index is 13.1. The molecule has 2 heterocycles. The maximum Gasteiger partial charge on any atom is 0.392 e. The van der Waals surface area contributed by atoms with Crippen LogP contribution in [0.25, 0.3) is 0 Å². The molecule has 1 spiro atoms. The van der Waals surface area contributed by atoms with Crippen LogP contribution >= 0.6 is 0 Å². The number of hydrogen-bond acceptors (Lipinski definition) is 8. The molecule has 220 valence electrons. The number of hydrogen-bond donors (Lipinski definition) is 3. The highest BCUT2D eigenvalue weighted by Gasteiger charge is 2.44. The lowest BCUT2D eigenvalue weighted by atomic mass is 9.93. The number of amides is 1. The van der Waals surface area contributed by atoms with Crippen molar-refractivity contribution < 1.29 is 45.4 Å². The number of aliphatic hydroxyl groups excluding tert-OH is 1. The molecule has 1 saturated carbocycles. The molecule has 15 heteroatoms. The molecule has 1 aromatic heterocycles. The van der Waals surface area contributed by atoms with Gasteiger partial charge in [-0.1, -0.05) is 0 Å². The fraction of sp³-hybridized carbons (Fsp3) is 0.520. The molecule has 1 amide bonds. The largest absolute Gasteiger partial charge is 0.475 e. The number of ether oxygens (including phenoxy) is 2. The van der Waals surface area contributed by atoms with Gasteiger partial charge in [0.25, 0.3) is 11.8 Å². The number of alkyl halides is 4. The third kappa shape index (κ3) is 7.87. The van der Waals surface area contributed by atoms with Crippen LogP contribution in [0.4, 0.5) is 34.6 Å². The minimum absolute atomic E-state index is 0.220. The smallest absolute Gasteiger partial charge is 0.392 e. The van der Waals surface area contributed by atoms with Gasteiger partial charge in [-0.2, -0.15) is 13.2 Å². The Morgan fingerprint density at radius 1 is 1.10 bits per heavy atom. The molecule has 4 rings (SSSR count). The summed E-state index contributed by atoms with van der Waals surface area (Å²) in [6.45, 7) is -1.24. The van der Waals surface area contributed by atoms with Crippen LogP contribution in [0.5, 0.6) is 11.6 Å². The minimum Gasteiger partial charge on any atom is -0.475 e. The molecule has 0 radical (unpaired) electrons. The molecule has 2 aromatic rings. The lowest BCUT2D eigenvalue weighted by Crippen LogP contribution is -2.35. The maximum atomic E-state index is 13.1. The predicted molar refractivity (Wildman–Crippen MR) is 139 cm³/mol. The Kier molecular flexibility index (Phi) is 8.93. The fourth-order valence-corrected chi connectivity index (χ4v) is 5.32. The second-order valence-corrected chi connectivity index (χ2v) is 11.6. The van der Waals surface area contributed by atoms with E-state index in [1.807, 2.05) is 4.90 Å². The number of piperidine rings is 1. The van der Waals surface area contributed by atoms with Crippen LogP contribution in [-0.4, -0.2) is 69.5 Å². The first-order valence-electron chi connectivity index (χ1n) is 12.6. The number of benzene rings is 1. The second kappa shape index (κ2) is 12.0. The Bertz CT molecular complexity index is 1310. The summed E-state index contributed by atoms with van der Waals surface area (Å²) in [4.78, 5) is 19.1. The van der Waals surface area contributed by atoms with Crippen molar-refractivity contribution in [1.82, 2.24) is 4.98 Å². The van der Waals surface area contributed by atoms with Crippen LogP contribution in [0.1, 0.15) is 42.6 Å². The van der Waals surface area contributed by atoms with E-state index in [0.29, 0.717) is 29.9 Å². The van der Waals surface area contributed by atoms with Crippen LogP contribution in [-0.2, 0) is 10.0 Å². The lowest BCUT2D eigenvalue weighted by molar-refractivity contribution is -0.139. The summed E-state index contributed by atoms with van der Waals surface area (Å²) in [5, 5.41) is 11.8. The first-order valence-corrected chi connectivity index (χ1v) is 14.3. The van der Waals surface area contributed by atoms with Crippen LogP contribution in [0.15, 0.2) is 30.3 Å². The number of carbonyl (C=O) groups is 1. The topological polar surface area (TPSA) is 130 Å². The number of rotatable bonds is 12. The number of anilines is 3. The van der Waals surface area contributed by atoms with Crippen molar-refractivity contribution in [2.45, 2.75) is 38.3 Å². The molecule has 1 saturated heterocycles. The van der Waals surface area contributed by atoms with Gasteiger partial charge in [-0.05, 0) is 61.4 Å². The van der Waals surface area contributed by atoms with Crippen molar-refractivity contribution in [2.75, 3.05) is 53.9 Å². The standard InChI is InChI=1S/C25H30F4N4O6S/c26-16-39-21-4-3-19(31-23(21)38-13-9-25(27,28)29)22(35)30-18-2-1-17(32-40(36,37)14-12-34)15-20(18)33-10-7-24(5-6-24)8-11-33/h1-4,15,32,34H,5-14,16H2,(H,30,35). The number of aliphatic hydroxyl groups is 1. The molecule has 0 unspecified atom stereocenters. The van der Waals surface area contributed by atoms with E-state index >= 15 is 0 Å². The van der Waals surface area contributed by atoms with Gasteiger partial charge in [-0.3, -0.25) is 9.52 Å². The van der Waals surface area contributed by atoms with E-state index in [1.54, 1.807) is 6.07 Å². The SMILES string of the molecule is O=C(Nc1ccc(NS(=O)(=O)CCO)cc1N1CCC2(CC1)CC2)c1ccc(OCF)c(OCCC(F)(F)F)n1. The predicted octanol–water partition coefficient (Wildman–Crippen LogP) is 4.09. The summed E-state index contributed by atoms with van der Waals surface area (Å²) < 4.78 is 86.9. The summed E-state index contributed by atoms with van der Waals surface area (Å²) in [7, 11) is -3.79. The van der Waals surface area contributed by atoms with Gasteiger partial charge in [0.1, 0.15) is 5.69 Å². The highest BCUT2D eigenvalue weighted by molar-refractivity contribution is 7.92. The fourth-order valence-electron chi connectivity index (χ4n) is 4.49. The zero-order valence-corrected chi connectivity index (χ0v) is 22.3. The summed E-state index contributed by atoms with van der Waals surface area (Å²) in [6, 6.07) is 6.95. The summed E-state index contributed by atoms with van der Waals surface area (Å²) in [5.41, 5.74) is 1.30. The normalized spacial score (nSPS) is 16.5. The van der Waals surface area contributed by atoms with Gasteiger partial charge in [0, 0.05) is 13.1 Å². The number of nitrogens with one attached hydrogen (secondary N) is 2. The van der Waals surface area contributed by atoms with E-state index in [4.69, 9.17) is 14.6 Å². The van der Waals surface area contributed by atoms with Crippen LogP contribution in [0, 0.1) is 5.41 Å². The Labute approximate surface area is 228 Å². The number of sulfonamides is 1. The van der Waals surface area contributed by atoms with Gasteiger partial charge in [-0.25, -0.2) is 17.8 Å². The summed E-state index contributed by atoms with van der Waals surface area (Å²) in [5.74, 6) is -1.93. The number of carbonyl (C=O) groups excluding carboxylic acids is 1. The van der Waals surface area contributed by atoms with Crippen LogP contribution < -0.4 is 24.4 Å². The van der Waals surface area contributed by atoms with Crippen molar-refractivity contribution in [2.24, 2.45) is 5.41 Å². The zero-order valence-electron chi connectivity index (χ0n) is 21.5. The van der Waals surface area contributed by atoms with Gasteiger partial charge in [0.15, 0.2) is 5.75 Å². The Hall–Kier alpha value is -3.33. The number of nitrogens with zero attached hydrogens (tertiary/aromatic N) is 2. The van der Waals surface area contributed by atoms with E-state index < -0.39 is 60.2 Å². The van der Waals surface area contributed by atoms with Gasteiger partial charge < -0.3 is 24.8 Å². The van der Waals surface area contributed by atoms with Crippen molar-refractivity contribution >= 4 is 33.0 Å². The third-order valence-corrected chi connectivity index (χ3v) is 8.16. The summed E-state index contributed by atoms with van der Waals surface area (Å²) >= 11 is 0. The highest BCUT2D eigenvalue weighted by Crippen LogP contribution is 2.54. The minimum atomic E-state index is -4.49. The number of aromatic nitrogens is 1. The molecular formula is C25H30F4N4O6S. The Morgan fingerprint density at radius 2 is 1.82 bits per heavy atom. The molecule has 2 aliphatic rings. The van der Waals surface area contributed by atoms with Crippen molar-refractivity contribution in [1.29, 1.82) is 0 Å². The second-order valence-electron chi connectivity index (χ2n) is 9.78. The molecule has 0 atom stereocenters. The lowest BCUT2D eigenvalue weighted by Gasteiger charge is -2.35. The average Bonchev–Trinajstić information content (AvgIpc) is 3.64. The zero-order chi connectivity index (χ0) is 29.0. The molecular weight excluding hydrogens is 560 g/mol. The number of halogens is 4. The van der Waals surface area contributed by atoms with Gasteiger partial charge in [-0.15, -0.1) is 0 Å². The van der Waals surface area contributed by atoms with E-state index in [-0.39, 0.29) is 17.1 Å². The van der Waals surface area contributed by atoms with E-state index in [2.05, 4.69) is 15.0 Å². The molecule has 1 aliphatic heterocycles. The average molecular weight is 591 g/mol. The first-order chi connectivity index (χ1) is 18.9. The molecule has 1 aliphatic carbocycles. The Balaban J connectivity index is 1.57. The first kappa shape index (κ1) is 29.6. The Morgan fingerprint density at radius 3 is 2.45 bits per heavy atom. The molecule has 0 bridgehead atoms. The van der Waals surface area contributed by atoms with Gasteiger partial charge >= 0.3 is 6.18 Å². The summed E-state index contributed by atoms with van der Waals surface area (Å²) in [6.07, 6.45) is -1.51. The quantitative estimate of drug-likeness (QED) is 0.316. The van der Waals surface area contributed by atoms with E-state index in [1.165, 1.54) is 37.1 Å². The van der Waals surface area contributed by atoms with Crippen molar-refractivity contribution in [3.8, 4) is 11.6 Å². The van der Waals surface area contributed by atoms with Crippen molar-refractivity contribution in [3.05, 3.63) is 36.0 Å². The van der Waals surface area contributed by atoms with Crippen LogP contribution in [0.2, 0.25) is 0 Å². The molecule has 1 aromatic carbocycles.